The number of aryl methyl sites for hydroxylation is 1. The van der Waals surface area contributed by atoms with E-state index in [9.17, 15) is 18.0 Å². The Balaban J connectivity index is 1.42. The summed E-state index contributed by atoms with van der Waals surface area (Å²) in [5.74, 6) is 0.0466. The van der Waals surface area contributed by atoms with Crippen molar-refractivity contribution in [2.45, 2.75) is 37.0 Å². The first-order valence-electron chi connectivity index (χ1n) is 10.4. The van der Waals surface area contributed by atoms with Crippen molar-refractivity contribution in [1.82, 2.24) is 4.31 Å². The van der Waals surface area contributed by atoms with Crippen molar-refractivity contribution < 1.29 is 22.7 Å². The van der Waals surface area contributed by atoms with E-state index in [1.54, 1.807) is 36.4 Å². The van der Waals surface area contributed by atoms with Crippen LogP contribution in [0.5, 0.6) is 5.75 Å². The smallest absolute Gasteiger partial charge is 0.262 e. The first-order chi connectivity index (χ1) is 14.9. The number of carbonyl (C=O) groups is 2. The SMILES string of the molecule is O=C1CCc2cc(OCC(=O)Nc3ccccc3S(=O)(=O)N3CCCCC3)ccc2N1. The number of sulfonamides is 1. The van der Waals surface area contributed by atoms with Gasteiger partial charge in [-0.05, 0) is 55.2 Å². The molecule has 0 radical (unpaired) electrons. The molecule has 2 aromatic rings. The van der Waals surface area contributed by atoms with Crippen molar-refractivity contribution in [3.05, 3.63) is 48.0 Å². The number of nitrogens with zero attached hydrogens (tertiary/aromatic N) is 1. The number of carbonyl (C=O) groups excluding carboxylic acids is 2. The van der Waals surface area contributed by atoms with E-state index in [1.165, 1.54) is 10.4 Å². The molecule has 0 bridgehead atoms. The molecule has 1 fully saturated rings. The first kappa shape index (κ1) is 21.3. The van der Waals surface area contributed by atoms with Crippen LogP contribution in [0.2, 0.25) is 0 Å². The van der Waals surface area contributed by atoms with Crippen LogP contribution in [0.4, 0.5) is 11.4 Å². The molecule has 2 amide bonds. The predicted molar refractivity (Wildman–Crippen MR) is 117 cm³/mol. The summed E-state index contributed by atoms with van der Waals surface area (Å²) in [4.78, 5) is 24.0. The van der Waals surface area contributed by atoms with Crippen molar-refractivity contribution in [3.8, 4) is 5.75 Å². The highest BCUT2D eigenvalue weighted by Gasteiger charge is 2.28. The normalized spacial score (nSPS) is 16.8. The van der Waals surface area contributed by atoms with Gasteiger partial charge in [0, 0.05) is 25.2 Å². The monoisotopic (exact) mass is 443 g/mol. The molecule has 0 aliphatic carbocycles. The van der Waals surface area contributed by atoms with Crippen LogP contribution < -0.4 is 15.4 Å². The van der Waals surface area contributed by atoms with E-state index >= 15 is 0 Å². The Bertz CT molecular complexity index is 1090. The van der Waals surface area contributed by atoms with E-state index in [-0.39, 0.29) is 23.1 Å². The quantitative estimate of drug-likeness (QED) is 0.714. The summed E-state index contributed by atoms with van der Waals surface area (Å²) in [5.41, 5.74) is 1.95. The Kier molecular flexibility index (Phi) is 6.24. The highest BCUT2D eigenvalue weighted by Crippen LogP contribution is 2.28. The average molecular weight is 444 g/mol. The lowest BCUT2D eigenvalue weighted by Gasteiger charge is -2.26. The zero-order valence-electron chi connectivity index (χ0n) is 17.1. The van der Waals surface area contributed by atoms with Crippen molar-refractivity contribution in [2.75, 3.05) is 30.3 Å². The first-order valence-corrected chi connectivity index (χ1v) is 11.8. The Hall–Kier alpha value is -2.91. The van der Waals surface area contributed by atoms with Crippen molar-refractivity contribution >= 4 is 33.2 Å². The third-order valence-electron chi connectivity index (χ3n) is 5.44. The lowest BCUT2D eigenvalue weighted by atomic mass is 10.0. The molecular formula is C22H25N3O5S. The van der Waals surface area contributed by atoms with E-state index in [1.807, 2.05) is 0 Å². The number of rotatable bonds is 6. The zero-order chi connectivity index (χ0) is 21.8. The van der Waals surface area contributed by atoms with Gasteiger partial charge in [-0.15, -0.1) is 0 Å². The van der Waals surface area contributed by atoms with Gasteiger partial charge in [0.25, 0.3) is 5.91 Å². The summed E-state index contributed by atoms with van der Waals surface area (Å²) in [5, 5.41) is 5.46. The molecule has 0 atom stereocenters. The molecule has 8 nitrogen and oxygen atoms in total. The molecule has 0 saturated carbocycles. The number of piperidine rings is 1. The summed E-state index contributed by atoms with van der Waals surface area (Å²) in [7, 11) is -3.68. The van der Waals surface area contributed by atoms with Gasteiger partial charge in [-0.25, -0.2) is 8.42 Å². The van der Waals surface area contributed by atoms with Crippen LogP contribution >= 0.6 is 0 Å². The van der Waals surface area contributed by atoms with Crippen LogP contribution in [0.25, 0.3) is 0 Å². The second-order valence-electron chi connectivity index (χ2n) is 7.66. The molecule has 2 heterocycles. The molecule has 0 aromatic heterocycles. The average Bonchev–Trinajstić information content (AvgIpc) is 2.78. The number of anilines is 2. The third kappa shape index (κ3) is 4.88. The topological polar surface area (TPSA) is 105 Å². The van der Waals surface area contributed by atoms with Crippen molar-refractivity contribution in [3.63, 3.8) is 0 Å². The van der Waals surface area contributed by atoms with Crippen LogP contribution in [0.1, 0.15) is 31.2 Å². The molecule has 31 heavy (non-hydrogen) atoms. The molecule has 9 heteroatoms. The van der Waals surface area contributed by atoms with E-state index in [2.05, 4.69) is 10.6 Å². The van der Waals surface area contributed by atoms with E-state index in [0.29, 0.717) is 31.7 Å². The minimum absolute atomic E-state index is 0.0151. The second-order valence-corrected chi connectivity index (χ2v) is 9.57. The number of ether oxygens (including phenoxy) is 1. The van der Waals surface area contributed by atoms with Crippen LogP contribution in [-0.4, -0.2) is 44.2 Å². The molecular weight excluding hydrogens is 418 g/mol. The number of nitrogens with one attached hydrogen (secondary N) is 2. The summed E-state index contributed by atoms with van der Waals surface area (Å²) < 4.78 is 33.2. The molecule has 164 valence electrons. The van der Waals surface area contributed by atoms with Gasteiger partial charge in [0.05, 0.1) is 5.69 Å². The number of hydrogen-bond acceptors (Lipinski definition) is 5. The standard InChI is InChI=1S/C22H25N3O5S/c26-21-11-8-16-14-17(9-10-18(16)23-21)30-15-22(27)24-19-6-2-3-7-20(19)31(28,29)25-12-4-1-5-13-25/h2-3,6-7,9-10,14H,1,4-5,8,11-13,15H2,(H,23,26)(H,24,27). The maximum absolute atomic E-state index is 13.0. The summed E-state index contributed by atoms with van der Waals surface area (Å²) >= 11 is 0. The Morgan fingerprint density at radius 1 is 1.06 bits per heavy atom. The van der Waals surface area contributed by atoms with E-state index in [4.69, 9.17) is 4.74 Å². The molecule has 0 unspecified atom stereocenters. The third-order valence-corrected chi connectivity index (χ3v) is 7.39. The van der Waals surface area contributed by atoms with Gasteiger partial charge in [-0.2, -0.15) is 4.31 Å². The highest BCUT2D eigenvalue weighted by atomic mass is 32.2. The molecule has 1 saturated heterocycles. The second kappa shape index (κ2) is 9.07. The van der Waals surface area contributed by atoms with Crippen LogP contribution in [0, 0.1) is 0 Å². The Labute approximate surface area is 181 Å². The predicted octanol–water partition coefficient (Wildman–Crippen LogP) is 2.76. The van der Waals surface area contributed by atoms with Gasteiger partial charge in [-0.1, -0.05) is 18.6 Å². The Morgan fingerprint density at radius 3 is 2.65 bits per heavy atom. The maximum atomic E-state index is 13.0. The van der Waals surface area contributed by atoms with Gasteiger partial charge in [0.15, 0.2) is 6.61 Å². The number of hydrogen-bond donors (Lipinski definition) is 2. The fourth-order valence-corrected chi connectivity index (χ4v) is 5.49. The van der Waals surface area contributed by atoms with Gasteiger partial charge in [-0.3, -0.25) is 9.59 Å². The van der Waals surface area contributed by atoms with Crippen LogP contribution in [-0.2, 0) is 26.0 Å². The number of amides is 2. The number of fused-ring (bicyclic) bond motifs is 1. The minimum Gasteiger partial charge on any atom is -0.484 e. The van der Waals surface area contributed by atoms with Gasteiger partial charge in [0.2, 0.25) is 15.9 Å². The summed E-state index contributed by atoms with van der Waals surface area (Å²) in [6.07, 6.45) is 3.74. The lowest BCUT2D eigenvalue weighted by Crippen LogP contribution is -2.36. The number of para-hydroxylation sites is 1. The molecule has 4 rings (SSSR count). The van der Waals surface area contributed by atoms with E-state index < -0.39 is 15.9 Å². The van der Waals surface area contributed by atoms with Gasteiger partial charge >= 0.3 is 0 Å². The van der Waals surface area contributed by atoms with E-state index in [0.717, 1.165) is 30.5 Å². The molecule has 2 aliphatic heterocycles. The maximum Gasteiger partial charge on any atom is 0.262 e. The fourth-order valence-electron chi connectivity index (χ4n) is 3.82. The van der Waals surface area contributed by atoms with Crippen molar-refractivity contribution in [2.24, 2.45) is 0 Å². The minimum atomic E-state index is -3.68. The molecule has 0 spiro atoms. The van der Waals surface area contributed by atoms with Gasteiger partial charge in [0.1, 0.15) is 10.6 Å². The fraction of sp³-hybridized carbons (Fsp3) is 0.364. The van der Waals surface area contributed by atoms with Crippen LogP contribution in [0.15, 0.2) is 47.4 Å². The summed E-state index contributed by atoms with van der Waals surface area (Å²) in [6, 6.07) is 11.7. The molecule has 2 N–H and O–H groups in total. The largest absolute Gasteiger partial charge is 0.484 e. The lowest BCUT2D eigenvalue weighted by molar-refractivity contribution is -0.118. The zero-order valence-corrected chi connectivity index (χ0v) is 17.9. The molecule has 2 aromatic carbocycles. The Morgan fingerprint density at radius 2 is 1.84 bits per heavy atom. The summed E-state index contributed by atoms with van der Waals surface area (Å²) in [6.45, 7) is 0.724. The van der Waals surface area contributed by atoms with Crippen LogP contribution in [0.3, 0.4) is 0 Å². The van der Waals surface area contributed by atoms with Gasteiger partial charge < -0.3 is 15.4 Å². The molecule has 2 aliphatic rings. The number of benzene rings is 2. The highest BCUT2D eigenvalue weighted by molar-refractivity contribution is 7.89. The van der Waals surface area contributed by atoms with Crippen molar-refractivity contribution in [1.29, 1.82) is 0 Å².